The van der Waals surface area contributed by atoms with Crippen LogP contribution in [0.15, 0.2) is 23.6 Å². The summed E-state index contributed by atoms with van der Waals surface area (Å²) in [6.45, 7) is 0. The van der Waals surface area contributed by atoms with Crippen LogP contribution in [-0.4, -0.2) is 19.0 Å². The summed E-state index contributed by atoms with van der Waals surface area (Å²) in [7, 11) is 1.29. The smallest absolute Gasteiger partial charge is 0.350 e. The number of amides is 1. The Hall–Kier alpha value is -0.830. The Bertz CT molecular complexity index is 717. The molecule has 2 rings (SSSR count). The summed E-state index contributed by atoms with van der Waals surface area (Å²) in [5.41, 5.74) is 0.735. The predicted octanol–water partition coefficient (Wildman–Crippen LogP) is 4.70. The van der Waals surface area contributed by atoms with E-state index in [1.807, 2.05) is 22.6 Å². The third-order valence-electron chi connectivity index (χ3n) is 2.52. The van der Waals surface area contributed by atoms with Crippen LogP contribution in [0.25, 0.3) is 0 Å². The van der Waals surface area contributed by atoms with Crippen LogP contribution in [0.4, 0.5) is 5.69 Å². The molecule has 0 radical (unpaired) electrons. The molecule has 110 valence electrons. The molecule has 4 nitrogen and oxygen atoms in total. The molecule has 1 amide bonds. The van der Waals surface area contributed by atoms with Crippen LogP contribution in [0.2, 0.25) is 10.0 Å². The van der Waals surface area contributed by atoms with E-state index in [4.69, 9.17) is 23.2 Å². The van der Waals surface area contributed by atoms with Gasteiger partial charge in [-0.2, -0.15) is 0 Å². The third kappa shape index (κ3) is 3.68. The van der Waals surface area contributed by atoms with Gasteiger partial charge in [-0.25, -0.2) is 4.79 Å². The van der Waals surface area contributed by atoms with Crippen molar-refractivity contribution in [1.82, 2.24) is 0 Å². The van der Waals surface area contributed by atoms with Crippen molar-refractivity contribution in [2.45, 2.75) is 0 Å². The van der Waals surface area contributed by atoms with Crippen LogP contribution in [-0.2, 0) is 4.74 Å². The lowest BCUT2D eigenvalue weighted by Crippen LogP contribution is -2.15. The lowest BCUT2D eigenvalue weighted by Gasteiger charge is -2.09. The fourth-order valence-electron chi connectivity index (χ4n) is 1.57. The van der Waals surface area contributed by atoms with E-state index in [1.165, 1.54) is 24.5 Å². The summed E-state index contributed by atoms with van der Waals surface area (Å²) in [6, 6.07) is 4.72. The average Bonchev–Trinajstić information content (AvgIpc) is 2.89. The Morgan fingerprint density at radius 3 is 2.71 bits per heavy atom. The van der Waals surface area contributed by atoms with Gasteiger partial charge in [-0.1, -0.05) is 23.2 Å². The second-order valence-electron chi connectivity index (χ2n) is 3.86. The molecule has 1 aromatic carbocycles. The standard InChI is InChI=1S/C13H8Cl2INO3S/c1-20-13(19)11-9(2-3-21-11)17-12(18)7-4-6(14)5-8(15)10(7)16/h2-5H,1H3,(H,17,18). The highest BCUT2D eigenvalue weighted by atomic mass is 127. The molecule has 0 fully saturated rings. The zero-order valence-electron chi connectivity index (χ0n) is 10.6. The minimum atomic E-state index is -0.501. The lowest BCUT2D eigenvalue weighted by atomic mass is 10.2. The first-order valence-corrected chi connectivity index (χ1v) is 8.27. The Morgan fingerprint density at radius 1 is 1.33 bits per heavy atom. The number of ether oxygens (including phenoxy) is 1. The van der Waals surface area contributed by atoms with Gasteiger partial charge in [-0.3, -0.25) is 4.79 Å². The maximum atomic E-state index is 12.3. The van der Waals surface area contributed by atoms with E-state index in [9.17, 15) is 9.59 Å². The van der Waals surface area contributed by atoms with Gasteiger partial charge < -0.3 is 10.1 Å². The zero-order valence-corrected chi connectivity index (χ0v) is 15.1. The van der Waals surface area contributed by atoms with Crippen molar-refractivity contribution < 1.29 is 14.3 Å². The van der Waals surface area contributed by atoms with Crippen molar-refractivity contribution in [2.75, 3.05) is 12.4 Å². The first-order chi connectivity index (χ1) is 9.93. The fourth-order valence-corrected chi connectivity index (χ4v) is 3.38. The molecule has 0 saturated carbocycles. The highest BCUT2D eigenvalue weighted by Gasteiger charge is 2.19. The summed E-state index contributed by atoms with van der Waals surface area (Å²) in [6.07, 6.45) is 0. The molecule has 1 aromatic heterocycles. The van der Waals surface area contributed by atoms with E-state index in [1.54, 1.807) is 17.5 Å². The molecule has 21 heavy (non-hydrogen) atoms. The minimum Gasteiger partial charge on any atom is -0.465 e. The monoisotopic (exact) mass is 455 g/mol. The van der Waals surface area contributed by atoms with Gasteiger partial charge in [0, 0.05) is 8.59 Å². The topological polar surface area (TPSA) is 55.4 Å². The van der Waals surface area contributed by atoms with Crippen molar-refractivity contribution in [3.05, 3.63) is 47.6 Å². The van der Waals surface area contributed by atoms with E-state index >= 15 is 0 Å². The molecule has 0 atom stereocenters. The molecule has 0 aliphatic rings. The number of methoxy groups -OCH3 is 1. The summed E-state index contributed by atoms with van der Waals surface area (Å²) >= 11 is 15.1. The number of rotatable bonds is 3. The number of hydrogen-bond donors (Lipinski definition) is 1. The molecule has 0 aliphatic carbocycles. The van der Waals surface area contributed by atoms with Crippen molar-refractivity contribution in [3.8, 4) is 0 Å². The van der Waals surface area contributed by atoms with Gasteiger partial charge in [-0.05, 0) is 46.2 Å². The minimum absolute atomic E-state index is 0.328. The van der Waals surface area contributed by atoms with Gasteiger partial charge in [-0.15, -0.1) is 11.3 Å². The van der Waals surface area contributed by atoms with Gasteiger partial charge >= 0.3 is 5.97 Å². The number of thiophene rings is 1. The van der Waals surface area contributed by atoms with E-state index < -0.39 is 11.9 Å². The number of benzene rings is 1. The number of carbonyl (C=O) groups is 2. The van der Waals surface area contributed by atoms with Crippen molar-refractivity contribution in [3.63, 3.8) is 0 Å². The molecule has 8 heteroatoms. The lowest BCUT2D eigenvalue weighted by molar-refractivity contribution is 0.0607. The van der Waals surface area contributed by atoms with E-state index in [2.05, 4.69) is 10.1 Å². The van der Waals surface area contributed by atoms with E-state index in [0.717, 1.165) is 0 Å². The van der Waals surface area contributed by atoms with Crippen molar-refractivity contribution >= 4 is 74.7 Å². The molecule has 1 heterocycles. The number of anilines is 1. The van der Waals surface area contributed by atoms with Crippen LogP contribution in [0.3, 0.4) is 0 Å². The second-order valence-corrected chi connectivity index (χ2v) is 6.70. The molecule has 0 bridgehead atoms. The van der Waals surface area contributed by atoms with Gasteiger partial charge in [0.2, 0.25) is 0 Å². The van der Waals surface area contributed by atoms with Crippen molar-refractivity contribution in [1.29, 1.82) is 0 Å². The second kappa shape index (κ2) is 6.95. The Kier molecular flexibility index (Phi) is 5.48. The highest BCUT2D eigenvalue weighted by molar-refractivity contribution is 14.1. The van der Waals surface area contributed by atoms with E-state index in [-0.39, 0.29) is 0 Å². The third-order valence-corrected chi connectivity index (χ3v) is 5.41. The number of esters is 1. The summed E-state index contributed by atoms with van der Waals surface area (Å²) in [5, 5.41) is 5.12. The zero-order chi connectivity index (χ0) is 15.6. The molecule has 0 saturated heterocycles. The maximum Gasteiger partial charge on any atom is 0.350 e. The first-order valence-electron chi connectivity index (χ1n) is 5.55. The van der Waals surface area contributed by atoms with Crippen LogP contribution in [0.1, 0.15) is 20.0 Å². The molecule has 0 spiro atoms. The number of nitrogens with one attached hydrogen (secondary N) is 1. The predicted molar refractivity (Wildman–Crippen MR) is 92.8 cm³/mol. The molecular weight excluding hydrogens is 448 g/mol. The number of carbonyl (C=O) groups excluding carboxylic acids is 2. The molecule has 0 unspecified atom stereocenters. The van der Waals surface area contributed by atoms with E-state index in [0.29, 0.717) is 29.7 Å². The Labute approximate surface area is 148 Å². The normalized spacial score (nSPS) is 10.3. The van der Waals surface area contributed by atoms with Crippen molar-refractivity contribution in [2.24, 2.45) is 0 Å². The largest absolute Gasteiger partial charge is 0.465 e. The SMILES string of the molecule is COC(=O)c1sccc1NC(=O)c1cc(Cl)cc(Cl)c1I. The van der Waals surface area contributed by atoms with Crippen LogP contribution >= 0.6 is 57.1 Å². The summed E-state index contributed by atoms with van der Waals surface area (Å²) in [5.74, 6) is -0.897. The van der Waals surface area contributed by atoms with Gasteiger partial charge in [0.25, 0.3) is 5.91 Å². The molecular formula is C13H8Cl2INO3S. The quantitative estimate of drug-likeness (QED) is 0.414. The number of halogens is 3. The molecule has 0 aliphatic heterocycles. The average molecular weight is 456 g/mol. The summed E-state index contributed by atoms with van der Waals surface area (Å²) in [4.78, 5) is 24.2. The first kappa shape index (κ1) is 16.5. The summed E-state index contributed by atoms with van der Waals surface area (Å²) < 4.78 is 5.25. The Balaban J connectivity index is 2.31. The number of hydrogen-bond acceptors (Lipinski definition) is 4. The Morgan fingerprint density at radius 2 is 2.05 bits per heavy atom. The van der Waals surface area contributed by atoms with Crippen LogP contribution in [0, 0.1) is 3.57 Å². The fraction of sp³-hybridized carbons (Fsp3) is 0.0769. The highest BCUT2D eigenvalue weighted by Crippen LogP contribution is 2.29. The van der Waals surface area contributed by atoms with Gasteiger partial charge in [0.1, 0.15) is 4.88 Å². The van der Waals surface area contributed by atoms with Crippen LogP contribution < -0.4 is 5.32 Å². The molecule has 2 aromatic rings. The maximum absolute atomic E-state index is 12.3. The molecule has 1 N–H and O–H groups in total. The van der Waals surface area contributed by atoms with Gasteiger partial charge in [0.15, 0.2) is 0 Å². The van der Waals surface area contributed by atoms with Gasteiger partial charge in [0.05, 0.1) is 23.4 Å². The van der Waals surface area contributed by atoms with Crippen LogP contribution in [0.5, 0.6) is 0 Å².